The molecule has 2 aromatic rings. The summed E-state index contributed by atoms with van der Waals surface area (Å²) in [6, 6.07) is 7.56. The van der Waals surface area contributed by atoms with E-state index < -0.39 is 11.9 Å². The third-order valence-electron chi connectivity index (χ3n) is 2.86. The molecule has 0 aliphatic heterocycles. The van der Waals surface area contributed by atoms with Gasteiger partial charge in [0.25, 0.3) is 0 Å². The molecule has 24 heavy (non-hydrogen) atoms. The molecule has 134 valence electrons. The van der Waals surface area contributed by atoms with Crippen molar-refractivity contribution in [2.75, 3.05) is 13.7 Å². The number of hydrogen-bond acceptors (Lipinski definition) is 4. The van der Waals surface area contributed by atoms with Gasteiger partial charge in [-0.15, -0.1) is 0 Å². The van der Waals surface area contributed by atoms with E-state index in [1.165, 1.54) is 19.2 Å². The lowest BCUT2D eigenvalue weighted by Gasteiger charge is -2.13. The van der Waals surface area contributed by atoms with Crippen molar-refractivity contribution in [2.24, 2.45) is 5.73 Å². The average Bonchev–Trinajstić information content (AvgIpc) is 2.66. The Labute approximate surface area is 148 Å². The highest BCUT2D eigenvalue weighted by Crippen LogP contribution is 2.31. The minimum atomic E-state index is -0.865. The monoisotopic (exact) mass is 356 g/mol. The van der Waals surface area contributed by atoms with Crippen LogP contribution >= 0.6 is 11.6 Å². The van der Waals surface area contributed by atoms with Crippen LogP contribution in [0.2, 0.25) is 5.02 Å². The molecule has 1 aromatic heterocycles. The Balaban J connectivity index is 0.00000123. The fourth-order valence-corrected chi connectivity index (χ4v) is 1.96. The van der Waals surface area contributed by atoms with Crippen molar-refractivity contribution in [1.29, 1.82) is 0 Å². The molecule has 0 radical (unpaired) electrons. The number of hydrogen-bond donors (Lipinski definition) is 2. The fraction of sp³-hybridized carbons (Fsp3) is 0.389. The second-order valence-corrected chi connectivity index (χ2v) is 4.57. The number of pyridine rings is 1. The lowest BCUT2D eigenvalue weighted by atomic mass is 10.1. The van der Waals surface area contributed by atoms with Crippen LogP contribution in [0.5, 0.6) is 5.75 Å². The minimum absolute atomic E-state index is 0.00358. The standard InChI is InChI=1S/C14H14ClFN2O2.2C2H6/c1-20-13-5-4-11(12(19)7-17)18-14(13)8-2-3-10(16)9(15)6-8;2*1-2/h2-6,12,19H,7,17H2,1H3;2*1-2H3. The van der Waals surface area contributed by atoms with E-state index in [2.05, 4.69) is 4.98 Å². The normalized spacial score (nSPS) is 10.7. The molecule has 2 rings (SSSR count). The third kappa shape index (κ3) is 5.74. The summed E-state index contributed by atoms with van der Waals surface area (Å²) in [5.41, 5.74) is 6.90. The first-order valence-corrected chi connectivity index (χ1v) is 8.33. The van der Waals surface area contributed by atoms with E-state index in [9.17, 15) is 9.50 Å². The van der Waals surface area contributed by atoms with Crippen LogP contribution in [-0.4, -0.2) is 23.7 Å². The summed E-state index contributed by atoms with van der Waals surface area (Å²) in [4.78, 5) is 4.32. The SMILES string of the molecule is CC.CC.COc1ccc(C(O)CN)nc1-c1ccc(F)c(Cl)c1. The number of benzene rings is 1. The zero-order valence-electron chi connectivity index (χ0n) is 14.8. The molecule has 0 aliphatic rings. The average molecular weight is 357 g/mol. The van der Waals surface area contributed by atoms with Crippen molar-refractivity contribution < 1.29 is 14.2 Å². The number of halogens is 2. The van der Waals surface area contributed by atoms with E-state index >= 15 is 0 Å². The van der Waals surface area contributed by atoms with E-state index in [-0.39, 0.29) is 11.6 Å². The van der Waals surface area contributed by atoms with E-state index in [1.807, 2.05) is 27.7 Å². The molecule has 1 heterocycles. The van der Waals surface area contributed by atoms with Gasteiger partial charge in [0.15, 0.2) is 0 Å². The molecule has 0 spiro atoms. The van der Waals surface area contributed by atoms with Gasteiger partial charge in [0.1, 0.15) is 23.4 Å². The molecule has 0 fully saturated rings. The highest BCUT2D eigenvalue weighted by Gasteiger charge is 2.14. The van der Waals surface area contributed by atoms with Crippen molar-refractivity contribution in [3.63, 3.8) is 0 Å². The van der Waals surface area contributed by atoms with E-state index in [4.69, 9.17) is 22.1 Å². The minimum Gasteiger partial charge on any atom is -0.494 e. The van der Waals surface area contributed by atoms with Gasteiger partial charge < -0.3 is 15.6 Å². The molecule has 1 aromatic carbocycles. The van der Waals surface area contributed by atoms with Crippen LogP contribution in [0, 0.1) is 5.82 Å². The summed E-state index contributed by atoms with van der Waals surface area (Å²) < 4.78 is 18.4. The van der Waals surface area contributed by atoms with Gasteiger partial charge in [0.2, 0.25) is 0 Å². The third-order valence-corrected chi connectivity index (χ3v) is 3.15. The van der Waals surface area contributed by atoms with Gasteiger partial charge in [0.05, 0.1) is 17.8 Å². The van der Waals surface area contributed by atoms with Crippen molar-refractivity contribution in [3.05, 3.63) is 46.9 Å². The van der Waals surface area contributed by atoms with E-state index in [0.29, 0.717) is 22.7 Å². The highest BCUT2D eigenvalue weighted by atomic mass is 35.5. The molecule has 0 aliphatic carbocycles. The van der Waals surface area contributed by atoms with Crippen LogP contribution in [0.1, 0.15) is 39.5 Å². The summed E-state index contributed by atoms with van der Waals surface area (Å²) in [5, 5.41) is 9.74. The molecular formula is C18H26ClFN2O2. The van der Waals surface area contributed by atoms with Crippen LogP contribution in [0.3, 0.4) is 0 Å². The number of aromatic nitrogens is 1. The number of nitrogens with two attached hydrogens (primary N) is 1. The fourth-order valence-electron chi connectivity index (χ4n) is 1.78. The smallest absolute Gasteiger partial charge is 0.145 e. The molecule has 0 saturated carbocycles. The number of nitrogens with zero attached hydrogens (tertiary/aromatic N) is 1. The molecule has 1 unspecified atom stereocenters. The van der Waals surface area contributed by atoms with Gasteiger partial charge in [-0.25, -0.2) is 9.37 Å². The molecule has 3 N–H and O–H groups in total. The second-order valence-electron chi connectivity index (χ2n) is 4.17. The number of aliphatic hydroxyl groups is 1. The van der Waals surface area contributed by atoms with Gasteiger partial charge in [-0.3, -0.25) is 0 Å². The lowest BCUT2D eigenvalue weighted by molar-refractivity contribution is 0.182. The molecule has 0 saturated heterocycles. The number of ether oxygens (including phenoxy) is 1. The first-order valence-electron chi connectivity index (χ1n) is 7.95. The number of methoxy groups -OCH3 is 1. The molecular weight excluding hydrogens is 331 g/mol. The summed E-state index contributed by atoms with van der Waals surface area (Å²) in [6.45, 7) is 8.06. The molecule has 4 nitrogen and oxygen atoms in total. The van der Waals surface area contributed by atoms with Crippen LogP contribution < -0.4 is 10.5 Å². The zero-order valence-corrected chi connectivity index (χ0v) is 15.6. The number of rotatable bonds is 4. The van der Waals surface area contributed by atoms with Crippen molar-refractivity contribution in [1.82, 2.24) is 4.98 Å². The molecule has 0 amide bonds. The zero-order chi connectivity index (χ0) is 18.7. The van der Waals surface area contributed by atoms with Crippen LogP contribution in [0.25, 0.3) is 11.3 Å². The molecule has 6 heteroatoms. The first kappa shape index (κ1) is 22.3. The summed E-state index contributed by atoms with van der Waals surface area (Å²) in [6.07, 6.45) is -0.865. The van der Waals surface area contributed by atoms with Crippen LogP contribution in [0.4, 0.5) is 4.39 Å². The lowest BCUT2D eigenvalue weighted by Crippen LogP contribution is -2.13. The maximum atomic E-state index is 13.2. The van der Waals surface area contributed by atoms with Gasteiger partial charge >= 0.3 is 0 Å². The maximum absolute atomic E-state index is 13.2. The maximum Gasteiger partial charge on any atom is 0.145 e. The van der Waals surface area contributed by atoms with Crippen molar-refractivity contribution in [3.8, 4) is 17.0 Å². The van der Waals surface area contributed by atoms with Crippen LogP contribution in [-0.2, 0) is 0 Å². The quantitative estimate of drug-likeness (QED) is 0.840. The summed E-state index contributed by atoms with van der Waals surface area (Å²) in [5.74, 6) is -0.00632. The van der Waals surface area contributed by atoms with Gasteiger partial charge in [-0.1, -0.05) is 39.3 Å². The van der Waals surface area contributed by atoms with Crippen molar-refractivity contribution >= 4 is 11.6 Å². The Hall–Kier alpha value is -1.69. The highest BCUT2D eigenvalue weighted by molar-refractivity contribution is 6.31. The largest absolute Gasteiger partial charge is 0.494 e. The Morgan fingerprint density at radius 2 is 1.83 bits per heavy atom. The number of aliphatic hydroxyl groups excluding tert-OH is 1. The topological polar surface area (TPSA) is 68.4 Å². The van der Waals surface area contributed by atoms with Gasteiger partial charge in [-0.2, -0.15) is 0 Å². The van der Waals surface area contributed by atoms with Crippen LogP contribution in [0.15, 0.2) is 30.3 Å². The van der Waals surface area contributed by atoms with E-state index in [0.717, 1.165) is 0 Å². The van der Waals surface area contributed by atoms with Crippen molar-refractivity contribution in [2.45, 2.75) is 33.8 Å². The summed E-state index contributed by atoms with van der Waals surface area (Å²) >= 11 is 5.78. The molecule has 0 bridgehead atoms. The van der Waals surface area contributed by atoms with Gasteiger partial charge in [-0.05, 0) is 30.3 Å². The Kier molecular flexibility index (Phi) is 11.0. The predicted octanol–water partition coefficient (Wildman–Crippen LogP) is 4.59. The predicted molar refractivity (Wildman–Crippen MR) is 97.9 cm³/mol. The van der Waals surface area contributed by atoms with Gasteiger partial charge in [0, 0.05) is 12.1 Å². The Morgan fingerprint density at radius 1 is 1.21 bits per heavy atom. The first-order chi connectivity index (χ1) is 11.6. The molecule has 1 atom stereocenters. The van der Waals surface area contributed by atoms with E-state index in [1.54, 1.807) is 18.2 Å². The second kappa shape index (κ2) is 11.8. The summed E-state index contributed by atoms with van der Waals surface area (Å²) in [7, 11) is 1.50. The Bertz CT molecular complexity index is 624. The Morgan fingerprint density at radius 3 is 2.33 bits per heavy atom.